The first-order valence-corrected chi connectivity index (χ1v) is 6.53. The number of rotatable bonds is 6. The highest BCUT2D eigenvalue weighted by Gasteiger charge is 2.27. The molecule has 1 heterocycles. The summed E-state index contributed by atoms with van der Waals surface area (Å²) >= 11 is 0. The summed E-state index contributed by atoms with van der Waals surface area (Å²) in [4.78, 5) is 4.41. The molecule has 20 heavy (non-hydrogen) atoms. The molecule has 0 saturated carbocycles. The SMILES string of the molecule is Cc1cc(C)c(C(C)NCCOCC(F)(F)F)c(C)n1. The Hall–Kier alpha value is -1.14. The lowest BCUT2D eigenvalue weighted by Gasteiger charge is -2.19. The quantitative estimate of drug-likeness (QED) is 0.817. The zero-order valence-corrected chi connectivity index (χ0v) is 12.3. The fraction of sp³-hybridized carbons (Fsp3) is 0.643. The molecule has 1 unspecified atom stereocenters. The van der Waals surface area contributed by atoms with Crippen molar-refractivity contribution in [2.24, 2.45) is 0 Å². The monoisotopic (exact) mass is 290 g/mol. The van der Waals surface area contributed by atoms with Crippen LogP contribution in [-0.4, -0.2) is 30.9 Å². The van der Waals surface area contributed by atoms with Gasteiger partial charge in [-0.3, -0.25) is 4.98 Å². The predicted molar refractivity (Wildman–Crippen MR) is 71.7 cm³/mol. The molecule has 114 valence electrons. The minimum absolute atomic E-state index is 0.0255. The van der Waals surface area contributed by atoms with Crippen molar-refractivity contribution in [3.05, 3.63) is 28.6 Å². The maximum absolute atomic E-state index is 11.9. The lowest BCUT2D eigenvalue weighted by Crippen LogP contribution is -2.27. The van der Waals surface area contributed by atoms with Gasteiger partial charge < -0.3 is 10.1 Å². The molecule has 1 atom stereocenters. The smallest absolute Gasteiger partial charge is 0.371 e. The third-order valence-corrected chi connectivity index (χ3v) is 2.98. The van der Waals surface area contributed by atoms with E-state index in [1.165, 1.54) is 0 Å². The van der Waals surface area contributed by atoms with Crippen LogP contribution >= 0.6 is 0 Å². The van der Waals surface area contributed by atoms with E-state index in [2.05, 4.69) is 15.0 Å². The summed E-state index contributed by atoms with van der Waals surface area (Å²) in [6.07, 6.45) is -4.26. The van der Waals surface area contributed by atoms with Crippen LogP contribution in [0.15, 0.2) is 6.07 Å². The fourth-order valence-electron chi connectivity index (χ4n) is 2.33. The van der Waals surface area contributed by atoms with Crippen LogP contribution in [0.5, 0.6) is 0 Å². The highest BCUT2D eigenvalue weighted by atomic mass is 19.4. The molecular formula is C14H21F3N2O. The number of nitrogens with one attached hydrogen (secondary N) is 1. The van der Waals surface area contributed by atoms with Crippen molar-refractivity contribution in [1.82, 2.24) is 10.3 Å². The van der Waals surface area contributed by atoms with E-state index in [-0.39, 0.29) is 12.6 Å². The molecule has 1 aromatic rings. The van der Waals surface area contributed by atoms with Gasteiger partial charge in [-0.15, -0.1) is 0 Å². The molecule has 0 fully saturated rings. The number of hydrogen-bond donors (Lipinski definition) is 1. The average molecular weight is 290 g/mol. The van der Waals surface area contributed by atoms with Crippen LogP contribution in [0.2, 0.25) is 0 Å². The zero-order valence-electron chi connectivity index (χ0n) is 12.3. The van der Waals surface area contributed by atoms with Gasteiger partial charge in [0.25, 0.3) is 0 Å². The number of aryl methyl sites for hydroxylation is 3. The molecule has 0 saturated heterocycles. The summed E-state index contributed by atoms with van der Waals surface area (Å²) in [6, 6.07) is 2.03. The maximum atomic E-state index is 11.9. The molecule has 0 aliphatic heterocycles. The molecule has 0 aliphatic carbocycles. The van der Waals surface area contributed by atoms with E-state index in [0.29, 0.717) is 6.54 Å². The normalized spacial score (nSPS) is 13.6. The van der Waals surface area contributed by atoms with Crippen molar-refractivity contribution in [1.29, 1.82) is 0 Å². The van der Waals surface area contributed by atoms with E-state index in [1.54, 1.807) is 0 Å². The van der Waals surface area contributed by atoms with E-state index in [9.17, 15) is 13.2 Å². The predicted octanol–water partition coefficient (Wildman–Crippen LogP) is 3.24. The number of halogens is 3. The Morgan fingerprint density at radius 3 is 2.50 bits per heavy atom. The molecule has 1 aromatic heterocycles. The first-order chi connectivity index (χ1) is 9.20. The molecule has 1 N–H and O–H groups in total. The minimum atomic E-state index is -4.26. The van der Waals surface area contributed by atoms with Gasteiger partial charge in [0.05, 0.1) is 6.61 Å². The third-order valence-electron chi connectivity index (χ3n) is 2.98. The fourth-order valence-corrected chi connectivity index (χ4v) is 2.33. The van der Waals surface area contributed by atoms with Gasteiger partial charge in [-0.1, -0.05) is 0 Å². The molecule has 3 nitrogen and oxygen atoms in total. The van der Waals surface area contributed by atoms with Gasteiger partial charge in [0.1, 0.15) is 6.61 Å². The van der Waals surface area contributed by atoms with Gasteiger partial charge >= 0.3 is 6.18 Å². The van der Waals surface area contributed by atoms with Gasteiger partial charge in [-0.2, -0.15) is 13.2 Å². The first kappa shape index (κ1) is 16.9. The second-order valence-electron chi connectivity index (χ2n) is 4.92. The Labute approximate surface area is 117 Å². The van der Waals surface area contributed by atoms with Crippen molar-refractivity contribution in [2.75, 3.05) is 19.8 Å². The molecule has 0 aliphatic rings. The Kier molecular flexibility index (Phi) is 5.95. The standard InChI is InChI=1S/C14H21F3N2O/c1-9-7-10(2)19-12(4)13(9)11(3)18-5-6-20-8-14(15,16)17/h7,11,18H,5-6,8H2,1-4H3. The van der Waals surface area contributed by atoms with Crippen LogP contribution in [0, 0.1) is 20.8 Å². The van der Waals surface area contributed by atoms with Crippen LogP contribution in [0.1, 0.15) is 35.5 Å². The molecule has 0 amide bonds. The third kappa shape index (κ3) is 5.46. The maximum Gasteiger partial charge on any atom is 0.411 e. The summed E-state index contributed by atoms with van der Waals surface area (Å²) in [5.74, 6) is 0. The molecular weight excluding hydrogens is 269 g/mol. The summed E-state index contributed by atoms with van der Waals surface area (Å²) in [5.41, 5.74) is 4.13. The van der Waals surface area contributed by atoms with E-state index in [0.717, 1.165) is 22.5 Å². The highest BCUT2D eigenvalue weighted by Crippen LogP contribution is 2.21. The van der Waals surface area contributed by atoms with E-state index in [4.69, 9.17) is 0 Å². The van der Waals surface area contributed by atoms with Crippen LogP contribution in [0.25, 0.3) is 0 Å². The van der Waals surface area contributed by atoms with E-state index < -0.39 is 12.8 Å². The van der Waals surface area contributed by atoms with Gasteiger partial charge in [-0.25, -0.2) is 0 Å². The summed E-state index contributed by atoms with van der Waals surface area (Å²) in [7, 11) is 0. The molecule has 6 heteroatoms. The second-order valence-corrected chi connectivity index (χ2v) is 4.92. The summed E-state index contributed by atoms with van der Waals surface area (Å²) < 4.78 is 40.3. The summed E-state index contributed by atoms with van der Waals surface area (Å²) in [6.45, 7) is 7.05. The average Bonchev–Trinajstić information content (AvgIpc) is 2.25. The Morgan fingerprint density at radius 1 is 1.30 bits per heavy atom. The van der Waals surface area contributed by atoms with Crippen molar-refractivity contribution in [3.8, 4) is 0 Å². The number of aromatic nitrogens is 1. The topological polar surface area (TPSA) is 34.1 Å². The second kappa shape index (κ2) is 7.04. The first-order valence-electron chi connectivity index (χ1n) is 6.53. The van der Waals surface area contributed by atoms with Crippen molar-refractivity contribution < 1.29 is 17.9 Å². The largest absolute Gasteiger partial charge is 0.411 e. The Bertz CT molecular complexity index is 424. The van der Waals surface area contributed by atoms with Crippen molar-refractivity contribution in [2.45, 2.75) is 39.9 Å². The van der Waals surface area contributed by atoms with Crippen molar-refractivity contribution >= 4 is 0 Å². The van der Waals surface area contributed by atoms with E-state index >= 15 is 0 Å². The molecule has 0 radical (unpaired) electrons. The minimum Gasteiger partial charge on any atom is -0.371 e. The van der Waals surface area contributed by atoms with Gasteiger partial charge in [-0.05, 0) is 44.9 Å². The Balaban J connectivity index is 2.46. The van der Waals surface area contributed by atoms with E-state index in [1.807, 2.05) is 33.8 Å². The van der Waals surface area contributed by atoms with Crippen LogP contribution in [0.4, 0.5) is 13.2 Å². The summed E-state index contributed by atoms with van der Waals surface area (Å²) in [5, 5.41) is 3.15. The van der Waals surface area contributed by atoms with Crippen LogP contribution in [-0.2, 0) is 4.74 Å². The Morgan fingerprint density at radius 2 is 1.95 bits per heavy atom. The lowest BCUT2D eigenvalue weighted by molar-refractivity contribution is -0.173. The number of pyridine rings is 1. The van der Waals surface area contributed by atoms with Gasteiger partial charge in [0.2, 0.25) is 0 Å². The molecule has 0 spiro atoms. The molecule has 0 bridgehead atoms. The highest BCUT2D eigenvalue weighted by molar-refractivity contribution is 5.33. The number of nitrogens with zero attached hydrogens (tertiary/aromatic N) is 1. The number of alkyl halides is 3. The lowest BCUT2D eigenvalue weighted by atomic mass is 10.0. The van der Waals surface area contributed by atoms with Crippen molar-refractivity contribution in [3.63, 3.8) is 0 Å². The van der Waals surface area contributed by atoms with Crippen LogP contribution in [0.3, 0.4) is 0 Å². The van der Waals surface area contributed by atoms with Gasteiger partial charge in [0, 0.05) is 24.0 Å². The number of hydrogen-bond acceptors (Lipinski definition) is 3. The molecule has 0 aromatic carbocycles. The number of ether oxygens (including phenoxy) is 1. The van der Waals surface area contributed by atoms with Gasteiger partial charge in [0.15, 0.2) is 0 Å². The van der Waals surface area contributed by atoms with Crippen LogP contribution < -0.4 is 5.32 Å². The zero-order chi connectivity index (χ0) is 15.3. The molecule has 1 rings (SSSR count).